The summed E-state index contributed by atoms with van der Waals surface area (Å²) in [5, 5.41) is 19.7. The normalized spacial score (nSPS) is 28.4. The minimum absolute atomic E-state index is 0.0743. The maximum Gasteiger partial charge on any atom is 0.161 e. The number of aliphatic hydroxyl groups excluding tert-OH is 1. The van der Waals surface area contributed by atoms with E-state index in [1.54, 1.807) is 25.2 Å². The largest absolute Gasteiger partial charge is 0.392 e. The molecule has 2 N–H and O–H groups in total. The predicted octanol–water partition coefficient (Wildman–Crippen LogP) is 2.16. The SMILES string of the molecule is C=C1C(=O)C[C@@H](O)[C@@H]1/C=C/CC(C)(O)/C=C\CC. The van der Waals surface area contributed by atoms with Crippen molar-refractivity contribution < 1.29 is 15.0 Å². The molecular formula is C15H22O3. The fourth-order valence-electron chi connectivity index (χ4n) is 2.00. The average Bonchev–Trinajstić information content (AvgIpc) is 2.53. The second-order valence-electron chi connectivity index (χ2n) is 5.05. The van der Waals surface area contributed by atoms with E-state index in [1.165, 1.54) is 0 Å². The molecule has 0 radical (unpaired) electrons. The topological polar surface area (TPSA) is 57.5 Å². The van der Waals surface area contributed by atoms with Crippen LogP contribution >= 0.6 is 0 Å². The Balaban J connectivity index is 2.58. The van der Waals surface area contributed by atoms with Gasteiger partial charge in [-0.1, -0.05) is 37.8 Å². The van der Waals surface area contributed by atoms with E-state index >= 15 is 0 Å². The van der Waals surface area contributed by atoms with Gasteiger partial charge in [-0.25, -0.2) is 0 Å². The Morgan fingerprint density at radius 1 is 1.50 bits per heavy atom. The van der Waals surface area contributed by atoms with Gasteiger partial charge in [0.1, 0.15) is 0 Å². The van der Waals surface area contributed by atoms with Crippen LogP contribution in [-0.4, -0.2) is 27.7 Å². The molecule has 3 nitrogen and oxygen atoms in total. The first-order valence-corrected chi connectivity index (χ1v) is 6.34. The second-order valence-corrected chi connectivity index (χ2v) is 5.05. The van der Waals surface area contributed by atoms with Crippen molar-refractivity contribution in [1.29, 1.82) is 0 Å². The molecule has 1 aliphatic rings. The molecule has 3 atom stereocenters. The molecule has 1 unspecified atom stereocenters. The Labute approximate surface area is 109 Å². The number of rotatable bonds is 5. The highest BCUT2D eigenvalue weighted by molar-refractivity contribution is 5.98. The van der Waals surface area contributed by atoms with E-state index in [0.717, 1.165) is 6.42 Å². The Hall–Kier alpha value is -1.19. The number of carbonyl (C=O) groups excluding carboxylic acids is 1. The molecule has 0 aliphatic heterocycles. The highest BCUT2D eigenvalue weighted by Crippen LogP contribution is 2.28. The lowest BCUT2D eigenvalue weighted by molar-refractivity contribution is -0.115. The highest BCUT2D eigenvalue weighted by atomic mass is 16.3. The summed E-state index contributed by atoms with van der Waals surface area (Å²) in [5.74, 6) is -0.377. The lowest BCUT2D eigenvalue weighted by Gasteiger charge is -2.17. The number of aliphatic hydroxyl groups is 2. The second kappa shape index (κ2) is 6.12. The molecule has 0 aromatic rings. The molecule has 1 aliphatic carbocycles. The summed E-state index contributed by atoms with van der Waals surface area (Å²) in [5.41, 5.74) is -0.427. The van der Waals surface area contributed by atoms with Gasteiger partial charge in [-0.15, -0.1) is 0 Å². The molecule has 0 heterocycles. The zero-order valence-corrected chi connectivity index (χ0v) is 11.1. The number of ketones is 1. The summed E-state index contributed by atoms with van der Waals surface area (Å²) < 4.78 is 0. The molecule has 0 spiro atoms. The lowest BCUT2D eigenvalue weighted by Crippen LogP contribution is -2.19. The monoisotopic (exact) mass is 250 g/mol. The molecule has 0 aromatic heterocycles. The molecule has 100 valence electrons. The minimum Gasteiger partial charge on any atom is -0.392 e. The number of hydrogen-bond donors (Lipinski definition) is 2. The van der Waals surface area contributed by atoms with Crippen LogP contribution in [0.4, 0.5) is 0 Å². The predicted molar refractivity (Wildman–Crippen MR) is 72.1 cm³/mol. The van der Waals surface area contributed by atoms with Crippen molar-refractivity contribution >= 4 is 5.78 Å². The fraction of sp³-hybridized carbons (Fsp3) is 0.533. The molecule has 3 heteroatoms. The van der Waals surface area contributed by atoms with Crippen LogP contribution in [0.2, 0.25) is 0 Å². The maximum atomic E-state index is 11.3. The summed E-state index contributed by atoms with van der Waals surface area (Å²) in [6.07, 6.45) is 8.07. The third-order valence-electron chi connectivity index (χ3n) is 3.16. The van der Waals surface area contributed by atoms with Gasteiger partial charge in [0, 0.05) is 12.3 Å². The number of carbonyl (C=O) groups is 1. The third-order valence-corrected chi connectivity index (χ3v) is 3.16. The molecule has 1 fully saturated rings. The van der Waals surface area contributed by atoms with Gasteiger partial charge in [-0.05, 0) is 25.3 Å². The number of allylic oxidation sites excluding steroid dienone is 1. The van der Waals surface area contributed by atoms with Crippen molar-refractivity contribution in [2.75, 3.05) is 0 Å². The Kier molecular flexibility index (Phi) is 5.05. The van der Waals surface area contributed by atoms with Crippen molar-refractivity contribution in [3.8, 4) is 0 Å². The van der Waals surface area contributed by atoms with Gasteiger partial charge in [0.05, 0.1) is 11.7 Å². The molecule has 0 bridgehead atoms. The Morgan fingerprint density at radius 2 is 2.17 bits per heavy atom. The van der Waals surface area contributed by atoms with E-state index in [4.69, 9.17) is 0 Å². The summed E-state index contributed by atoms with van der Waals surface area (Å²) >= 11 is 0. The van der Waals surface area contributed by atoms with Crippen molar-refractivity contribution in [2.45, 2.75) is 44.8 Å². The van der Waals surface area contributed by atoms with Crippen LogP contribution in [0.25, 0.3) is 0 Å². The Morgan fingerprint density at radius 3 is 2.67 bits per heavy atom. The standard InChI is InChI=1S/C15H22O3/c1-4-5-8-15(3,18)9-6-7-12-11(2)13(16)10-14(12)17/h5-8,12,14,17-18H,2,4,9-10H2,1,3H3/b7-6+,8-5-/t12-,14-,15?/m1/s1. The van der Waals surface area contributed by atoms with Crippen molar-refractivity contribution in [2.24, 2.45) is 5.92 Å². The van der Waals surface area contributed by atoms with E-state index < -0.39 is 11.7 Å². The van der Waals surface area contributed by atoms with Crippen LogP contribution in [0.5, 0.6) is 0 Å². The van der Waals surface area contributed by atoms with Crippen LogP contribution < -0.4 is 0 Å². The first-order chi connectivity index (χ1) is 8.37. The molecule has 18 heavy (non-hydrogen) atoms. The molecule has 1 saturated carbocycles. The Bertz CT molecular complexity index is 377. The van der Waals surface area contributed by atoms with Crippen LogP contribution in [0, 0.1) is 5.92 Å². The van der Waals surface area contributed by atoms with Crippen LogP contribution in [0.3, 0.4) is 0 Å². The first-order valence-electron chi connectivity index (χ1n) is 6.34. The van der Waals surface area contributed by atoms with Gasteiger partial charge in [0.15, 0.2) is 5.78 Å². The van der Waals surface area contributed by atoms with Crippen LogP contribution in [0.1, 0.15) is 33.1 Å². The van der Waals surface area contributed by atoms with Crippen LogP contribution in [0.15, 0.2) is 36.5 Å². The summed E-state index contributed by atoms with van der Waals surface area (Å²) in [6, 6.07) is 0. The van der Waals surface area contributed by atoms with Gasteiger partial charge in [-0.3, -0.25) is 4.79 Å². The van der Waals surface area contributed by atoms with E-state index in [9.17, 15) is 15.0 Å². The van der Waals surface area contributed by atoms with Crippen molar-refractivity contribution in [3.05, 3.63) is 36.5 Å². The van der Waals surface area contributed by atoms with Gasteiger partial charge in [-0.2, -0.15) is 0 Å². The van der Waals surface area contributed by atoms with Gasteiger partial charge in [0.2, 0.25) is 0 Å². The van der Waals surface area contributed by atoms with Gasteiger partial charge >= 0.3 is 0 Å². The molecular weight excluding hydrogens is 228 g/mol. The number of Topliss-reactive ketones (excluding diaryl/α,β-unsaturated/α-hetero) is 1. The van der Waals surface area contributed by atoms with Crippen LogP contribution in [-0.2, 0) is 4.79 Å². The zero-order valence-electron chi connectivity index (χ0n) is 11.1. The van der Waals surface area contributed by atoms with E-state index in [1.807, 2.05) is 13.0 Å². The van der Waals surface area contributed by atoms with E-state index in [0.29, 0.717) is 12.0 Å². The van der Waals surface area contributed by atoms with E-state index in [2.05, 4.69) is 6.58 Å². The summed E-state index contributed by atoms with van der Waals surface area (Å²) in [4.78, 5) is 11.3. The smallest absolute Gasteiger partial charge is 0.161 e. The summed E-state index contributed by atoms with van der Waals surface area (Å²) in [7, 11) is 0. The highest BCUT2D eigenvalue weighted by Gasteiger charge is 2.33. The fourth-order valence-corrected chi connectivity index (χ4v) is 2.00. The molecule has 0 amide bonds. The maximum absolute atomic E-state index is 11.3. The lowest BCUT2D eigenvalue weighted by atomic mass is 9.97. The van der Waals surface area contributed by atoms with Crippen molar-refractivity contribution in [1.82, 2.24) is 0 Å². The van der Waals surface area contributed by atoms with Crippen molar-refractivity contribution in [3.63, 3.8) is 0 Å². The first kappa shape index (κ1) is 14.9. The van der Waals surface area contributed by atoms with Gasteiger partial charge < -0.3 is 10.2 Å². The quantitative estimate of drug-likeness (QED) is 0.580. The van der Waals surface area contributed by atoms with E-state index in [-0.39, 0.29) is 18.1 Å². The third kappa shape index (κ3) is 3.93. The zero-order chi connectivity index (χ0) is 13.8. The summed E-state index contributed by atoms with van der Waals surface area (Å²) in [6.45, 7) is 7.43. The molecule has 1 rings (SSSR count). The number of hydrogen-bond acceptors (Lipinski definition) is 3. The molecule has 0 aromatic carbocycles. The molecule has 0 saturated heterocycles. The minimum atomic E-state index is -0.887. The average molecular weight is 250 g/mol. The van der Waals surface area contributed by atoms with Gasteiger partial charge in [0.25, 0.3) is 0 Å².